The Morgan fingerprint density at radius 1 is 1.60 bits per heavy atom. The van der Waals surface area contributed by atoms with Crippen LogP contribution in [0, 0.1) is 10.1 Å². The summed E-state index contributed by atoms with van der Waals surface area (Å²) >= 11 is 5.80. The van der Waals surface area contributed by atoms with E-state index in [0.29, 0.717) is 13.2 Å². The van der Waals surface area contributed by atoms with Crippen molar-refractivity contribution in [3.63, 3.8) is 0 Å². The molecular formula is C12H14ClN3O4. The van der Waals surface area contributed by atoms with Crippen LogP contribution < -0.4 is 11.1 Å². The summed E-state index contributed by atoms with van der Waals surface area (Å²) in [6.45, 7) is 1.06. The number of amides is 1. The van der Waals surface area contributed by atoms with Crippen molar-refractivity contribution < 1.29 is 14.5 Å². The summed E-state index contributed by atoms with van der Waals surface area (Å²) in [5.41, 5.74) is 5.09. The Bertz CT molecular complexity index is 544. The molecule has 1 unspecified atom stereocenters. The molecule has 0 saturated carbocycles. The molecule has 1 aromatic rings. The van der Waals surface area contributed by atoms with Crippen LogP contribution in [-0.2, 0) is 4.74 Å². The molecule has 1 fully saturated rings. The van der Waals surface area contributed by atoms with Crippen molar-refractivity contribution in [3.05, 3.63) is 32.8 Å². The minimum absolute atomic E-state index is 0.00168. The Kier molecular flexibility index (Phi) is 4.41. The van der Waals surface area contributed by atoms with Crippen molar-refractivity contribution in [2.75, 3.05) is 18.9 Å². The van der Waals surface area contributed by atoms with Crippen LogP contribution in [0.3, 0.4) is 0 Å². The smallest absolute Gasteiger partial charge is 0.294 e. The van der Waals surface area contributed by atoms with Crippen LogP contribution in [0.4, 0.5) is 11.4 Å². The lowest BCUT2D eigenvalue weighted by atomic mass is 10.1. The molecule has 0 spiro atoms. The van der Waals surface area contributed by atoms with Crippen LogP contribution in [-0.4, -0.2) is 30.1 Å². The maximum Gasteiger partial charge on any atom is 0.294 e. The zero-order valence-corrected chi connectivity index (χ0v) is 11.4. The van der Waals surface area contributed by atoms with Crippen LogP contribution in [0.25, 0.3) is 0 Å². The number of carbonyl (C=O) groups is 1. The molecule has 1 aromatic carbocycles. The number of nitro benzene ring substituents is 1. The maximum absolute atomic E-state index is 12.0. The fourth-order valence-corrected chi connectivity index (χ4v) is 2.21. The van der Waals surface area contributed by atoms with E-state index in [1.807, 2.05) is 0 Å². The third-order valence-corrected chi connectivity index (χ3v) is 3.39. The molecule has 1 atom stereocenters. The molecule has 1 aliphatic heterocycles. The fourth-order valence-electron chi connectivity index (χ4n) is 2.00. The number of carbonyl (C=O) groups excluding carboxylic acids is 1. The number of halogens is 1. The van der Waals surface area contributed by atoms with E-state index in [0.717, 1.165) is 18.9 Å². The number of nitrogens with two attached hydrogens (primary N) is 1. The number of nitrogens with zero attached hydrogens (tertiary/aromatic N) is 1. The Labute approximate surface area is 120 Å². The molecule has 7 nitrogen and oxygen atoms in total. The predicted octanol–water partition coefficient (Wildman–Crippen LogP) is 1.74. The third-order valence-electron chi connectivity index (χ3n) is 3.08. The molecular weight excluding hydrogens is 286 g/mol. The fraction of sp³-hybridized carbons (Fsp3) is 0.417. The number of benzene rings is 1. The summed E-state index contributed by atoms with van der Waals surface area (Å²) in [5.74, 6) is -0.439. The van der Waals surface area contributed by atoms with Crippen LogP contribution >= 0.6 is 11.6 Å². The molecule has 0 aliphatic carbocycles. The van der Waals surface area contributed by atoms with Gasteiger partial charge >= 0.3 is 0 Å². The van der Waals surface area contributed by atoms with Gasteiger partial charge < -0.3 is 15.8 Å². The van der Waals surface area contributed by atoms with Gasteiger partial charge in [0.05, 0.1) is 16.0 Å². The van der Waals surface area contributed by atoms with E-state index < -0.39 is 10.8 Å². The highest BCUT2D eigenvalue weighted by atomic mass is 35.5. The number of anilines is 1. The van der Waals surface area contributed by atoms with Gasteiger partial charge in [-0.05, 0) is 18.9 Å². The average Bonchev–Trinajstić information content (AvgIpc) is 2.91. The quantitative estimate of drug-likeness (QED) is 0.500. The van der Waals surface area contributed by atoms with E-state index in [4.69, 9.17) is 22.1 Å². The second kappa shape index (κ2) is 6.06. The zero-order chi connectivity index (χ0) is 14.7. The molecule has 8 heteroatoms. The van der Waals surface area contributed by atoms with Gasteiger partial charge in [-0.1, -0.05) is 11.6 Å². The first-order valence-electron chi connectivity index (χ1n) is 6.12. The second-order valence-corrected chi connectivity index (χ2v) is 4.90. The number of ether oxygens (including phenoxy) is 1. The zero-order valence-electron chi connectivity index (χ0n) is 10.6. The molecule has 108 valence electrons. The molecule has 0 bridgehead atoms. The standard InChI is InChI=1S/C12H14ClN3O4/c13-9-4-7(5-10(11(9)14)16(18)19)12(17)15-6-8-2-1-3-20-8/h4-5,8H,1-3,6,14H2,(H,15,17). The topological polar surface area (TPSA) is 107 Å². The van der Waals surface area contributed by atoms with E-state index in [2.05, 4.69) is 5.32 Å². The SMILES string of the molecule is Nc1c(Cl)cc(C(=O)NCC2CCCO2)cc1[N+](=O)[O-]. The normalized spacial score (nSPS) is 17.9. The van der Waals surface area contributed by atoms with Crippen molar-refractivity contribution in [1.82, 2.24) is 5.32 Å². The second-order valence-electron chi connectivity index (χ2n) is 4.49. The van der Waals surface area contributed by atoms with Gasteiger partial charge in [0.1, 0.15) is 5.69 Å². The van der Waals surface area contributed by atoms with E-state index >= 15 is 0 Å². The van der Waals surface area contributed by atoms with Gasteiger partial charge in [0.25, 0.3) is 11.6 Å². The van der Waals surface area contributed by atoms with Crippen LogP contribution in [0.15, 0.2) is 12.1 Å². The summed E-state index contributed by atoms with van der Waals surface area (Å²) in [7, 11) is 0. The highest BCUT2D eigenvalue weighted by molar-refractivity contribution is 6.34. The van der Waals surface area contributed by atoms with Gasteiger partial charge in [0.2, 0.25) is 0 Å². The summed E-state index contributed by atoms with van der Waals surface area (Å²) in [6, 6.07) is 2.43. The summed E-state index contributed by atoms with van der Waals surface area (Å²) < 4.78 is 5.37. The lowest BCUT2D eigenvalue weighted by molar-refractivity contribution is -0.383. The number of nitro groups is 1. The van der Waals surface area contributed by atoms with Gasteiger partial charge in [-0.3, -0.25) is 14.9 Å². The van der Waals surface area contributed by atoms with Crippen molar-refractivity contribution >= 4 is 28.9 Å². The molecule has 1 amide bonds. The van der Waals surface area contributed by atoms with Gasteiger partial charge in [-0.2, -0.15) is 0 Å². The number of hydrogen-bond acceptors (Lipinski definition) is 5. The highest BCUT2D eigenvalue weighted by Gasteiger charge is 2.21. The molecule has 2 rings (SSSR count). The lowest BCUT2D eigenvalue weighted by Crippen LogP contribution is -2.31. The maximum atomic E-state index is 12.0. The Balaban J connectivity index is 2.11. The summed E-state index contributed by atoms with van der Waals surface area (Å²) in [5, 5.41) is 13.5. The van der Waals surface area contributed by atoms with E-state index in [9.17, 15) is 14.9 Å². The first-order chi connectivity index (χ1) is 9.49. The molecule has 1 heterocycles. The Hall–Kier alpha value is -1.86. The molecule has 3 N–H and O–H groups in total. The number of nitrogens with one attached hydrogen (secondary N) is 1. The third kappa shape index (κ3) is 3.17. The van der Waals surface area contributed by atoms with Gasteiger partial charge in [-0.25, -0.2) is 0 Å². The highest BCUT2D eigenvalue weighted by Crippen LogP contribution is 2.30. The molecule has 20 heavy (non-hydrogen) atoms. The van der Waals surface area contributed by atoms with Crippen LogP contribution in [0.1, 0.15) is 23.2 Å². The first kappa shape index (κ1) is 14.5. The van der Waals surface area contributed by atoms with E-state index in [1.165, 1.54) is 6.07 Å². The average molecular weight is 300 g/mol. The van der Waals surface area contributed by atoms with E-state index in [-0.39, 0.29) is 28.1 Å². The van der Waals surface area contributed by atoms with Crippen LogP contribution in [0.2, 0.25) is 5.02 Å². The number of rotatable bonds is 4. The first-order valence-corrected chi connectivity index (χ1v) is 6.50. The van der Waals surface area contributed by atoms with Crippen molar-refractivity contribution in [2.24, 2.45) is 0 Å². The predicted molar refractivity (Wildman–Crippen MR) is 73.8 cm³/mol. The van der Waals surface area contributed by atoms with Crippen LogP contribution in [0.5, 0.6) is 0 Å². The van der Waals surface area contributed by atoms with Crippen molar-refractivity contribution in [3.8, 4) is 0 Å². The largest absolute Gasteiger partial charge is 0.392 e. The minimum atomic E-state index is -0.669. The van der Waals surface area contributed by atoms with Gasteiger partial charge in [0, 0.05) is 24.8 Å². The number of hydrogen-bond donors (Lipinski definition) is 2. The summed E-state index contributed by atoms with van der Waals surface area (Å²) in [4.78, 5) is 22.1. The number of nitrogen functional groups attached to an aromatic ring is 1. The Morgan fingerprint density at radius 2 is 2.35 bits per heavy atom. The summed E-state index contributed by atoms with van der Waals surface area (Å²) in [6.07, 6.45) is 1.86. The molecule has 1 aliphatic rings. The van der Waals surface area contributed by atoms with Crippen molar-refractivity contribution in [1.29, 1.82) is 0 Å². The Morgan fingerprint density at radius 3 is 2.95 bits per heavy atom. The van der Waals surface area contributed by atoms with Gasteiger partial charge in [0.15, 0.2) is 0 Å². The van der Waals surface area contributed by atoms with E-state index in [1.54, 1.807) is 0 Å². The van der Waals surface area contributed by atoms with Gasteiger partial charge in [-0.15, -0.1) is 0 Å². The molecule has 0 aromatic heterocycles. The lowest BCUT2D eigenvalue weighted by Gasteiger charge is -2.11. The molecule has 1 saturated heterocycles. The monoisotopic (exact) mass is 299 g/mol. The molecule has 0 radical (unpaired) electrons. The minimum Gasteiger partial charge on any atom is -0.392 e. The van der Waals surface area contributed by atoms with Crippen molar-refractivity contribution in [2.45, 2.75) is 18.9 Å².